The van der Waals surface area contributed by atoms with E-state index in [1.807, 2.05) is 25.1 Å². The number of benzene rings is 2. The van der Waals surface area contributed by atoms with Crippen molar-refractivity contribution in [2.45, 2.75) is 26.4 Å². The monoisotopic (exact) mass is 415 g/mol. The molecule has 4 rings (SSSR count). The number of ether oxygens (including phenoxy) is 2. The number of nitrogens with zero attached hydrogens (tertiary/aromatic N) is 3. The van der Waals surface area contributed by atoms with Crippen LogP contribution in [-0.4, -0.2) is 34.4 Å². The van der Waals surface area contributed by atoms with Crippen LogP contribution in [0.5, 0.6) is 11.5 Å². The van der Waals surface area contributed by atoms with Crippen molar-refractivity contribution in [1.29, 1.82) is 0 Å². The average Bonchev–Trinajstić information content (AvgIpc) is 2.88. The van der Waals surface area contributed by atoms with Gasteiger partial charge in [-0.25, -0.2) is 0 Å². The Morgan fingerprint density at radius 2 is 1.83 bits per heavy atom. The minimum atomic E-state index is -4.70. The highest BCUT2D eigenvalue weighted by Crippen LogP contribution is 2.31. The number of hydrogen-bond donors (Lipinski definition) is 0. The number of rotatable bonds is 4. The molecule has 0 amide bonds. The molecule has 156 valence electrons. The molecule has 0 atom stereocenters. The van der Waals surface area contributed by atoms with Crippen LogP contribution in [0.3, 0.4) is 0 Å². The van der Waals surface area contributed by atoms with E-state index in [2.05, 4.69) is 19.6 Å². The first-order valence-electron chi connectivity index (χ1n) is 9.47. The molecule has 2 heterocycles. The van der Waals surface area contributed by atoms with Gasteiger partial charge in [-0.3, -0.25) is 14.9 Å². The molecule has 1 aromatic heterocycles. The molecule has 0 aliphatic carbocycles. The summed E-state index contributed by atoms with van der Waals surface area (Å²) in [5, 5.41) is 0. The second-order valence-corrected chi connectivity index (χ2v) is 7.11. The molecular weight excluding hydrogens is 395 g/mol. The van der Waals surface area contributed by atoms with Crippen LogP contribution in [-0.2, 0) is 13.1 Å². The van der Waals surface area contributed by atoms with Crippen LogP contribution >= 0.6 is 0 Å². The Hall–Kier alpha value is -3.13. The highest BCUT2D eigenvalue weighted by atomic mass is 19.4. The van der Waals surface area contributed by atoms with Gasteiger partial charge in [-0.15, -0.1) is 13.2 Å². The van der Waals surface area contributed by atoms with Gasteiger partial charge in [-0.05, 0) is 42.3 Å². The lowest BCUT2D eigenvalue weighted by Crippen LogP contribution is -2.25. The van der Waals surface area contributed by atoms with Gasteiger partial charge in [0.15, 0.2) is 0 Å². The summed E-state index contributed by atoms with van der Waals surface area (Å²) in [7, 11) is 0. The smallest absolute Gasteiger partial charge is 0.492 e. The van der Waals surface area contributed by atoms with E-state index in [0.29, 0.717) is 19.7 Å². The van der Waals surface area contributed by atoms with Crippen LogP contribution in [0, 0.1) is 6.92 Å². The van der Waals surface area contributed by atoms with E-state index >= 15 is 0 Å². The number of fused-ring (bicyclic) bond motifs is 1. The maximum absolute atomic E-state index is 12.4. The van der Waals surface area contributed by atoms with Gasteiger partial charge in [0, 0.05) is 37.6 Å². The Bertz CT molecular complexity index is 1020. The van der Waals surface area contributed by atoms with Crippen molar-refractivity contribution < 1.29 is 22.6 Å². The van der Waals surface area contributed by atoms with Gasteiger partial charge in [-0.1, -0.05) is 18.2 Å². The lowest BCUT2D eigenvalue weighted by Gasteiger charge is -2.19. The van der Waals surface area contributed by atoms with Crippen LogP contribution < -0.4 is 9.47 Å². The summed E-state index contributed by atoms with van der Waals surface area (Å²) in [5.41, 5.74) is 4.48. The van der Waals surface area contributed by atoms with E-state index < -0.39 is 6.36 Å². The molecule has 0 N–H and O–H groups in total. The van der Waals surface area contributed by atoms with E-state index in [0.717, 1.165) is 40.4 Å². The van der Waals surface area contributed by atoms with Crippen molar-refractivity contribution in [3.05, 3.63) is 71.8 Å². The Kier molecular flexibility index (Phi) is 5.59. The summed E-state index contributed by atoms with van der Waals surface area (Å²) < 4.78 is 46.9. The first kappa shape index (κ1) is 20.2. The Labute approximate surface area is 172 Å². The van der Waals surface area contributed by atoms with Gasteiger partial charge in [0.2, 0.25) is 0 Å². The average molecular weight is 415 g/mol. The first-order valence-corrected chi connectivity index (χ1v) is 9.47. The molecule has 0 saturated heterocycles. The molecule has 0 spiro atoms. The van der Waals surface area contributed by atoms with Crippen molar-refractivity contribution in [1.82, 2.24) is 14.9 Å². The minimum Gasteiger partial charge on any atom is -0.492 e. The Morgan fingerprint density at radius 3 is 2.57 bits per heavy atom. The maximum atomic E-state index is 12.4. The lowest BCUT2D eigenvalue weighted by atomic mass is 10.0. The zero-order valence-electron chi connectivity index (χ0n) is 16.3. The molecule has 1 aliphatic heterocycles. The van der Waals surface area contributed by atoms with Gasteiger partial charge < -0.3 is 9.47 Å². The van der Waals surface area contributed by atoms with Gasteiger partial charge >= 0.3 is 6.36 Å². The predicted molar refractivity (Wildman–Crippen MR) is 105 cm³/mol. The molecule has 5 nitrogen and oxygen atoms in total. The Morgan fingerprint density at radius 1 is 1.07 bits per heavy atom. The van der Waals surface area contributed by atoms with Gasteiger partial charge in [0.05, 0.1) is 11.4 Å². The minimum absolute atomic E-state index is 0.241. The third kappa shape index (κ3) is 5.07. The molecule has 0 fully saturated rings. The summed E-state index contributed by atoms with van der Waals surface area (Å²) in [6.07, 6.45) is -1.21. The van der Waals surface area contributed by atoms with Crippen molar-refractivity contribution in [2.75, 3.05) is 13.2 Å². The predicted octanol–water partition coefficient (Wildman–Crippen LogP) is 4.75. The number of alkyl halides is 3. The van der Waals surface area contributed by atoms with E-state index in [1.165, 1.54) is 12.1 Å². The van der Waals surface area contributed by atoms with Crippen molar-refractivity contribution in [2.24, 2.45) is 0 Å². The highest BCUT2D eigenvalue weighted by Gasteiger charge is 2.31. The zero-order valence-corrected chi connectivity index (χ0v) is 16.3. The highest BCUT2D eigenvalue weighted by molar-refractivity contribution is 5.66. The van der Waals surface area contributed by atoms with Crippen molar-refractivity contribution >= 4 is 0 Å². The van der Waals surface area contributed by atoms with Crippen LogP contribution in [0.2, 0.25) is 0 Å². The molecule has 0 bridgehead atoms. The van der Waals surface area contributed by atoms with Gasteiger partial charge in [-0.2, -0.15) is 0 Å². The summed E-state index contributed by atoms with van der Waals surface area (Å²) in [6.45, 7) is 4.56. The summed E-state index contributed by atoms with van der Waals surface area (Å²) in [5.74, 6) is 0.573. The quantitative estimate of drug-likeness (QED) is 0.616. The fraction of sp³-hybridized carbons (Fsp3) is 0.273. The molecular formula is C22H20F3N3O2. The Balaban J connectivity index is 1.53. The summed E-state index contributed by atoms with van der Waals surface area (Å²) in [6, 6.07) is 11.7. The fourth-order valence-corrected chi connectivity index (χ4v) is 3.43. The lowest BCUT2D eigenvalue weighted by molar-refractivity contribution is -0.274. The van der Waals surface area contributed by atoms with Gasteiger partial charge in [0.25, 0.3) is 0 Å². The van der Waals surface area contributed by atoms with E-state index in [9.17, 15) is 13.2 Å². The van der Waals surface area contributed by atoms with Crippen LogP contribution in [0.4, 0.5) is 13.2 Å². The second-order valence-electron chi connectivity index (χ2n) is 7.11. The standard InChI is InChI=1S/C22H20F3N3O2/c1-15-11-26-12-19(27-15)14-28-8-9-29-21-7-4-17(10-18(21)13-28)16-2-5-20(6-3-16)30-22(23,24)25/h2-7,10-12H,8-9,13-14H2,1H3. The molecule has 1 aliphatic rings. The van der Waals surface area contributed by atoms with E-state index in [1.54, 1.807) is 24.5 Å². The molecule has 3 aromatic rings. The molecule has 0 saturated carbocycles. The first-order chi connectivity index (χ1) is 14.4. The fourth-order valence-electron chi connectivity index (χ4n) is 3.43. The molecule has 30 heavy (non-hydrogen) atoms. The number of hydrogen-bond acceptors (Lipinski definition) is 5. The summed E-state index contributed by atoms with van der Waals surface area (Å²) >= 11 is 0. The maximum Gasteiger partial charge on any atom is 0.573 e. The topological polar surface area (TPSA) is 47.5 Å². The summed E-state index contributed by atoms with van der Waals surface area (Å²) in [4.78, 5) is 11.0. The van der Waals surface area contributed by atoms with E-state index in [-0.39, 0.29) is 5.75 Å². The van der Waals surface area contributed by atoms with Crippen molar-refractivity contribution in [3.63, 3.8) is 0 Å². The largest absolute Gasteiger partial charge is 0.573 e. The normalized spacial score (nSPS) is 14.5. The van der Waals surface area contributed by atoms with Gasteiger partial charge in [0.1, 0.15) is 18.1 Å². The third-order valence-electron chi connectivity index (χ3n) is 4.73. The van der Waals surface area contributed by atoms with Crippen LogP contribution in [0.25, 0.3) is 11.1 Å². The number of aromatic nitrogens is 2. The third-order valence-corrected chi connectivity index (χ3v) is 4.73. The molecule has 8 heteroatoms. The molecule has 0 unspecified atom stereocenters. The number of halogens is 3. The van der Waals surface area contributed by atoms with Crippen LogP contribution in [0.1, 0.15) is 17.0 Å². The second kappa shape index (κ2) is 8.31. The zero-order chi connectivity index (χ0) is 21.1. The number of aryl methyl sites for hydroxylation is 1. The molecule has 0 radical (unpaired) electrons. The van der Waals surface area contributed by atoms with Crippen molar-refractivity contribution in [3.8, 4) is 22.6 Å². The van der Waals surface area contributed by atoms with E-state index in [4.69, 9.17) is 4.74 Å². The van der Waals surface area contributed by atoms with Crippen LogP contribution in [0.15, 0.2) is 54.9 Å². The molecule has 2 aromatic carbocycles. The SMILES string of the molecule is Cc1cncc(CN2CCOc3ccc(-c4ccc(OC(F)(F)F)cc4)cc3C2)n1.